The first-order valence-corrected chi connectivity index (χ1v) is 6.03. The zero-order chi connectivity index (χ0) is 14.4. The summed E-state index contributed by atoms with van der Waals surface area (Å²) < 4.78 is 0. The van der Waals surface area contributed by atoms with E-state index in [2.05, 4.69) is 27.1 Å². The number of aromatic amines is 2. The number of amides is 1. The second kappa shape index (κ2) is 6.41. The van der Waals surface area contributed by atoms with Crippen molar-refractivity contribution in [1.82, 2.24) is 15.3 Å². The standard InChI is InChI=1S/C14H14N4O2/c15-6-2-5-10-3-1-4-11(7-10)8-16-13(19)12-9-17-14(20)18-12/h1,3-4,7,9H,6,8,15H2,(H,16,19)(H2,17,18,20). The molecule has 2 aromatic rings. The minimum atomic E-state index is -0.408. The highest BCUT2D eigenvalue weighted by molar-refractivity contribution is 5.91. The number of hydrogen-bond donors (Lipinski definition) is 4. The topological polar surface area (TPSA) is 104 Å². The van der Waals surface area contributed by atoms with E-state index in [-0.39, 0.29) is 11.6 Å². The summed E-state index contributed by atoms with van der Waals surface area (Å²) in [5, 5.41) is 2.71. The first kappa shape index (κ1) is 13.6. The van der Waals surface area contributed by atoms with Crippen molar-refractivity contribution in [3.05, 3.63) is 57.8 Å². The molecule has 20 heavy (non-hydrogen) atoms. The number of H-pyrrole nitrogens is 2. The molecule has 0 atom stereocenters. The Hall–Kier alpha value is -2.78. The molecule has 6 nitrogen and oxygen atoms in total. The van der Waals surface area contributed by atoms with Gasteiger partial charge in [-0.2, -0.15) is 0 Å². The number of nitrogens with one attached hydrogen (secondary N) is 3. The van der Waals surface area contributed by atoms with Gasteiger partial charge >= 0.3 is 5.69 Å². The van der Waals surface area contributed by atoms with Gasteiger partial charge in [-0.3, -0.25) is 4.79 Å². The number of nitrogens with two attached hydrogens (primary N) is 1. The molecule has 0 fully saturated rings. The Morgan fingerprint density at radius 2 is 2.25 bits per heavy atom. The molecular weight excluding hydrogens is 256 g/mol. The number of rotatable bonds is 3. The summed E-state index contributed by atoms with van der Waals surface area (Å²) in [6.45, 7) is 0.659. The summed E-state index contributed by atoms with van der Waals surface area (Å²) >= 11 is 0. The van der Waals surface area contributed by atoms with E-state index in [1.807, 2.05) is 24.3 Å². The second-order valence-electron chi connectivity index (χ2n) is 4.05. The predicted octanol–water partition coefficient (Wildman–Crippen LogP) is -0.0568. The quantitative estimate of drug-likeness (QED) is 0.587. The monoisotopic (exact) mass is 270 g/mol. The van der Waals surface area contributed by atoms with Gasteiger partial charge in [-0.15, -0.1) is 0 Å². The molecule has 0 spiro atoms. The third-order valence-electron chi connectivity index (χ3n) is 2.56. The third-order valence-corrected chi connectivity index (χ3v) is 2.56. The van der Waals surface area contributed by atoms with Gasteiger partial charge in [0.1, 0.15) is 5.69 Å². The molecule has 0 saturated carbocycles. The van der Waals surface area contributed by atoms with Crippen molar-refractivity contribution < 1.29 is 4.79 Å². The molecular formula is C14H14N4O2. The van der Waals surface area contributed by atoms with Gasteiger partial charge in [0.25, 0.3) is 5.91 Å². The Balaban J connectivity index is 2.00. The first-order valence-electron chi connectivity index (χ1n) is 6.03. The highest BCUT2D eigenvalue weighted by Crippen LogP contribution is 2.04. The molecule has 0 aliphatic rings. The number of carbonyl (C=O) groups excluding carboxylic acids is 1. The number of imidazole rings is 1. The van der Waals surface area contributed by atoms with Crippen LogP contribution in [0.1, 0.15) is 21.6 Å². The fourth-order valence-electron chi connectivity index (χ4n) is 1.64. The molecule has 1 aromatic carbocycles. The van der Waals surface area contributed by atoms with Crippen LogP contribution in [0.3, 0.4) is 0 Å². The maximum Gasteiger partial charge on any atom is 0.323 e. The van der Waals surface area contributed by atoms with Gasteiger partial charge in [0, 0.05) is 18.3 Å². The van der Waals surface area contributed by atoms with Crippen LogP contribution in [0.4, 0.5) is 0 Å². The van der Waals surface area contributed by atoms with Crippen molar-refractivity contribution in [1.29, 1.82) is 0 Å². The third kappa shape index (κ3) is 3.60. The molecule has 0 aliphatic carbocycles. The van der Waals surface area contributed by atoms with Gasteiger partial charge in [0.2, 0.25) is 0 Å². The summed E-state index contributed by atoms with van der Waals surface area (Å²) in [7, 11) is 0. The van der Waals surface area contributed by atoms with E-state index >= 15 is 0 Å². The highest BCUT2D eigenvalue weighted by atomic mass is 16.2. The van der Waals surface area contributed by atoms with Crippen LogP contribution in [0.25, 0.3) is 0 Å². The largest absolute Gasteiger partial charge is 0.347 e. The minimum absolute atomic E-state index is 0.203. The molecule has 0 saturated heterocycles. The average molecular weight is 270 g/mol. The zero-order valence-electron chi connectivity index (χ0n) is 10.7. The lowest BCUT2D eigenvalue weighted by atomic mass is 10.1. The summed E-state index contributed by atoms with van der Waals surface area (Å²) in [6, 6.07) is 7.49. The van der Waals surface area contributed by atoms with Crippen molar-refractivity contribution in [3.8, 4) is 11.8 Å². The Bertz CT molecular complexity index is 718. The normalized spacial score (nSPS) is 9.65. The van der Waals surface area contributed by atoms with Crippen LogP contribution in [0.15, 0.2) is 35.3 Å². The molecule has 0 bridgehead atoms. The molecule has 1 heterocycles. The first-order chi connectivity index (χ1) is 9.69. The van der Waals surface area contributed by atoms with Crippen molar-refractivity contribution in [2.24, 2.45) is 5.73 Å². The summed E-state index contributed by atoms with van der Waals surface area (Å²) in [5.41, 5.74) is 6.87. The summed E-state index contributed by atoms with van der Waals surface area (Å²) in [6.07, 6.45) is 1.33. The predicted molar refractivity (Wildman–Crippen MR) is 75.0 cm³/mol. The molecule has 102 valence electrons. The van der Waals surface area contributed by atoms with Gasteiger partial charge in [0.15, 0.2) is 0 Å². The lowest BCUT2D eigenvalue weighted by Crippen LogP contribution is -2.23. The van der Waals surface area contributed by atoms with Crippen molar-refractivity contribution in [2.75, 3.05) is 6.54 Å². The molecule has 1 aromatic heterocycles. The molecule has 2 rings (SSSR count). The zero-order valence-corrected chi connectivity index (χ0v) is 10.7. The molecule has 1 amide bonds. The Kier molecular flexibility index (Phi) is 4.37. The maximum absolute atomic E-state index is 11.7. The van der Waals surface area contributed by atoms with Crippen LogP contribution in [0.2, 0.25) is 0 Å². The smallest absolute Gasteiger partial charge is 0.323 e. The Morgan fingerprint density at radius 1 is 1.40 bits per heavy atom. The lowest BCUT2D eigenvalue weighted by Gasteiger charge is -2.04. The van der Waals surface area contributed by atoms with Crippen LogP contribution in [-0.2, 0) is 6.54 Å². The number of aromatic nitrogens is 2. The maximum atomic E-state index is 11.7. The van der Waals surface area contributed by atoms with E-state index in [1.165, 1.54) is 6.20 Å². The van der Waals surface area contributed by atoms with Crippen LogP contribution in [-0.4, -0.2) is 22.4 Å². The second-order valence-corrected chi connectivity index (χ2v) is 4.05. The van der Waals surface area contributed by atoms with Crippen LogP contribution in [0.5, 0.6) is 0 Å². The number of benzene rings is 1. The van der Waals surface area contributed by atoms with E-state index < -0.39 is 5.69 Å². The SMILES string of the molecule is NCC#Cc1cccc(CNC(=O)c2c[nH]c(=O)[nH]2)c1. The molecule has 0 radical (unpaired) electrons. The fraction of sp³-hybridized carbons (Fsp3) is 0.143. The van der Waals surface area contributed by atoms with E-state index in [4.69, 9.17) is 5.73 Å². The summed E-state index contributed by atoms with van der Waals surface area (Å²) in [4.78, 5) is 27.4. The van der Waals surface area contributed by atoms with Gasteiger partial charge in [-0.05, 0) is 17.7 Å². The van der Waals surface area contributed by atoms with Crippen molar-refractivity contribution in [2.45, 2.75) is 6.54 Å². The number of carbonyl (C=O) groups is 1. The fourth-order valence-corrected chi connectivity index (χ4v) is 1.64. The molecule has 0 aliphatic heterocycles. The van der Waals surface area contributed by atoms with E-state index in [0.717, 1.165) is 11.1 Å². The van der Waals surface area contributed by atoms with Gasteiger partial charge < -0.3 is 21.0 Å². The van der Waals surface area contributed by atoms with Crippen LogP contribution in [0, 0.1) is 11.8 Å². The highest BCUT2D eigenvalue weighted by Gasteiger charge is 2.07. The van der Waals surface area contributed by atoms with Gasteiger partial charge in [-0.1, -0.05) is 24.0 Å². The summed E-state index contributed by atoms with van der Waals surface area (Å²) in [5.74, 6) is 5.35. The Morgan fingerprint density at radius 3 is 2.95 bits per heavy atom. The number of hydrogen-bond acceptors (Lipinski definition) is 3. The van der Waals surface area contributed by atoms with E-state index in [0.29, 0.717) is 13.1 Å². The molecule has 0 unspecified atom stereocenters. The van der Waals surface area contributed by atoms with Crippen LogP contribution < -0.4 is 16.7 Å². The van der Waals surface area contributed by atoms with Crippen LogP contribution >= 0.6 is 0 Å². The molecule has 6 heteroatoms. The molecule has 5 N–H and O–H groups in total. The van der Waals surface area contributed by atoms with Gasteiger partial charge in [0.05, 0.1) is 6.54 Å². The van der Waals surface area contributed by atoms with Crippen molar-refractivity contribution >= 4 is 5.91 Å². The minimum Gasteiger partial charge on any atom is -0.347 e. The lowest BCUT2D eigenvalue weighted by molar-refractivity contribution is 0.0946. The van der Waals surface area contributed by atoms with Crippen molar-refractivity contribution in [3.63, 3.8) is 0 Å². The van der Waals surface area contributed by atoms with E-state index in [1.54, 1.807) is 0 Å². The Labute approximate surface area is 115 Å². The van der Waals surface area contributed by atoms with E-state index in [9.17, 15) is 9.59 Å². The van der Waals surface area contributed by atoms with Gasteiger partial charge in [-0.25, -0.2) is 4.79 Å². The average Bonchev–Trinajstić information content (AvgIpc) is 2.90.